The van der Waals surface area contributed by atoms with E-state index in [-0.39, 0.29) is 0 Å². The molecule has 5 aromatic rings. The zero-order valence-corrected chi connectivity index (χ0v) is 16.0. The molecule has 5 rings (SSSR count). The summed E-state index contributed by atoms with van der Waals surface area (Å²) in [5, 5.41) is 7.70. The van der Waals surface area contributed by atoms with E-state index in [1.165, 1.54) is 43.8 Å². The third-order valence-electron chi connectivity index (χ3n) is 5.49. The summed E-state index contributed by atoms with van der Waals surface area (Å²) in [4.78, 5) is 4.25. The first kappa shape index (κ1) is 16.3. The first-order valence-corrected chi connectivity index (χ1v) is 9.48. The van der Waals surface area contributed by atoms with Crippen molar-refractivity contribution in [1.82, 2.24) is 4.98 Å². The van der Waals surface area contributed by atoms with E-state index in [4.69, 9.17) is 11.6 Å². The van der Waals surface area contributed by atoms with E-state index in [1.807, 2.05) is 0 Å². The molecule has 0 aliphatic rings. The Bertz CT molecular complexity index is 1330. The predicted molar refractivity (Wildman–Crippen MR) is 117 cm³/mol. The molecule has 0 radical (unpaired) electrons. The number of fused-ring (bicyclic) bond motifs is 5. The molecule has 2 heteroatoms. The van der Waals surface area contributed by atoms with Crippen LogP contribution in [0.2, 0.25) is 5.15 Å². The zero-order chi connectivity index (χ0) is 18.5. The number of hydrogen-bond donors (Lipinski definition) is 0. The van der Waals surface area contributed by atoms with Gasteiger partial charge in [0.2, 0.25) is 0 Å². The summed E-state index contributed by atoms with van der Waals surface area (Å²) in [5.74, 6) is 0. The summed E-state index contributed by atoms with van der Waals surface area (Å²) in [6, 6.07) is 23.8. The van der Waals surface area contributed by atoms with Crippen LogP contribution in [-0.4, -0.2) is 4.98 Å². The Labute approximate surface area is 163 Å². The van der Waals surface area contributed by atoms with E-state index in [0.29, 0.717) is 5.15 Å². The number of pyridine rings is 1. The van der Waals surface area contributed by atoms with E-state index in [0.717, 1.165) is 10.8 Å². The monoisotopic (exact) mass is 367 g/mol. The van der Waals surface area contributed by atoms with Gasteiger partial charge in [0.15, 0.2) is 0 Å². The highest BCUT2D eigenvalue weighted by Crippen LogP contribution is 2.40. The minimum atomic E-state index is 0.552. The molecule has 0 spiro atoms. The molecule has 0 unspecified atom stereocenters. The van der Waals surface area contributed by atoms with E-state index < -0.39 is 0 Å². The van der Waals surface area contributed by atoms with Crippen molar-refractivity contribution in [3.8, 4) is 11.1 Å². The smallest absolute Gasteiger partial charge is 0.136 e. The summed E-state index contributed by atoms with van der Waals surface area (Å²) in [6.45, 7) is 4.37. The fourth-order valence-corrected chi connectivity index (χ4v) is 4.48. The van der Waals surface area contributed by atoms with Crippen molar-refractivity contribution >= 4 is 43.9 Å². The van der Waals surface area contributed by atoms with E-state index in [2.05, 4.69) is 85.6 Å². The molecule has 0 fully saturated rings. The van der Waals surface area contributed by atoms with Gasteiger partial charge in [-0.1, -0.05) is 66.2 Å². The molecular weight excluding hydrogens is 350 g/mol. The molecule has 4 aromatic carbocycles. The van der Waals surface area contributed by atoms with Crippen LogP contribution in [0.3, 0.4) is 0 Å². The molecule has 1 nitrogen and oxygen atoms in total. The van der Waals surface area contributed by atoms with E-state index in [9.17, 15) is 0 Å². The minimum Gasteiger partial charge on any atom is -0.244 e. The van der Waals surface area contributed by atoms with Gasteiger partial charge in [0.05, 0.1) is 0 Å². The lowest BCUT2D eigenvalue weighted by atomic mass is 9.88. The molecule has 0 atom stereocenters. The lowest BCUT2D eigenvalue weighted by molar-refractivity contribution is 1.37. The topological polar surface area (TPSA) is 12.9 Å². The van der Waals surface area contributed by atoms with Crippen LogP contribution in [0.25, 0.3) is 43.4 Å². The van der Waals surface area contributed by atoms with Crippen molar-refractivity contribution in [1.29, 1.82) is 0 Å². The average Bonchev–Trinajstić information content (AvgIpc) is 2.68. The highest BCUT2D eigenvalue weighted by molar-refractivity contribution is 6.35. The molecule has 0 bridgehead atoms. The van der Waals surface area contributed by atoms with Crippen LogP contribution in [0.4, 0.5) is 0 Å². The number of nitrogens with zero attached hydrogens (tertiary/aromatic N) is 1. The Morgan fingerprint density at radius 1 is 0.630 bits per heavy atom. The van der Waals surface area contributed by atoms with Gasteiger partial charge < -0.3 is 0 Å². The van der Waals surface area contributed by atoms with Crippen LogP contribution < -0.4 is 0 Å². The Hall–Kier alpha value is -2.90. The number of aryl methyl sites for hydroxylation is 2. The number of rotatable bonds is 1. The van der Waals surface area contributed by atoms with Crippen LogP contribution in [0.5, 0.6) is 0 Å². The fraction of sp³-hybridized carbons (Fsp3) is 0.0800. The zero-order valence-electron chi connectivity index (χ0n) is 15.3. The van der Waals surface area contributed by atoms with Gasteiger partial charge in [0.25, 0.3) is 0 Å². The summed E-state index contributed by atoms with van der Waals surface area (Å²) < 4.78 is 0. The molecular formula is C25H18ClN. The Morgan fingerprint density at radius 3 is 2.04 bits per heavy atom. The largest absolute Gasteiger partial charge is 0.244 e. The number of hydrogen-bond acceptors (Lipinski definition) is 1. The quantitative estimate of drug-likeness (QED) is 0.221. The Morgan fingerprint density at radius 2 is 1.26 bits per heavy atom. The second-order valence-corrected chi connectivity index (χ2v) is 7.45. The first-order valence-electron chi connectivity index (χ1n) is 9.10. The normalized spacial score (nSPS) is 11.5. The number of benzene rings is 4. The second-order valence-electron chi connectivity index (χ2n) is 7.09. The van der Waals surface area contributed by atoms with Crippen LogP contribution in [0, 0.1) is 13.8 Å². The maximum atomic E-state index is 6.37. The van der Waals surface area contributed by atoms with Gasteiger partial charge >= 0.3 is 0 Å². The van der Waals surface area contributed by atoms with Gasteiger partial charge in [0, 0.05) is 11.6 Å². The van der Waals surface area contributed by atoms with Crippen molar-refractivity contribution in [2.24, 2.45) is 0 Å². The second kappa shape index (κ2) is 6.07. The molecule has 0 aliphatic heterocycles. The first-order chi connectivity index (χ1) is 13.1. The highest BCUT2D eigenvalue weighted by atomic mass is 35.5. The molecule has 1 heterocycles. The predicted octanol–water partition coefficient (Wildman–Crippen LogP) is 7.48. The van der Waals surface area contributed by atoms with Crippen molar-refractivity contribution in [3.63, 3.8) is 0 Å². The molecule has 0 amide bonds. The number of halogens is 1. The number of aromatic nitrogens is 1. The van der Waals surface area contributed by atoms with E-state index >= 15 is 0 Å². The van der Waals surface area contributed by atoms with Crippen LogP contribution in [-0.2, 0) is 0 Å². The standard InChI is InChI=1S/C25H18ClN/c1-15-6-5-7-16(2)24(15)23-14-22-19(17-8-3-4-9-18(17)23)10-11-21-20(22)12-13-27-25(21)26/h3-14H,1-2H3. The Balaban J connectivity index is 2.04. The molecule has 130 valence electrons. The third-order valence-corrected chi connectivity index (χ3v) is 5.79. The van der Waals surface area contributed by atoms with E-state index in [1.54, 1.807) is 6.20 Å². The lowest BCUT2D eigenvalue weighted by Crippen LogP contribution is -1.91. The summed E-state index contributed by atoms with van der Waals surface area (Å²) >= 11 is 6.37. The van der Waals surface area contributed by atoms with Crippen LogP contribution >= 0.6 is 11.6 Å². The van der Waals surface area contributed by atoms with Gasteiger partial charge in [-0.05, 0) is 75.2 Å². The Kier molecular flexibility index (Phi) is 3.66. The molecule has 0 aliphatic carbocycles. The summed E-state index contributed by atoms with van der Waals surface area (Å²) in [6.07, 6.45) is 1.79. The average molecular weight is 368 g/mol. The molecule has 27 heavy (non-hydrogen) atoms. The maximum Gasteiger partial charge on any atom is 0.136 e. The van der Waals surface area contributed by atoms with Gasteiger partial charge in [-0.2, -0.15) is 0 Å². The van der Waals surface area contributed by atoms with Crippen molar-refractivity contribution in [2.75, 3.05) is 0 Å². The van der Waals surface area contributed by atoms with Gasteiger partial charge in [-0.15, -0.1) is 0 Å². The molecule has 1 aromatic heterocycles. The van der Waals surface area contributed by atoms with Crippen molar-refractivity contribution in [2.45, 2.75) is 13.8 Å². The summed E-state index contributed by atoms with van der Waals surface area (Å²) in [7, 11) is 0. The highest BCUT2D eigenvalue weighted by Gasteiger charge is 2.14. The van der Waals surface area contributed by atoms with Gasteiger partial charge in [-0.3, -0.25) is 0 Å². The fourth-order valence-electron chi connectivity index (χ4n) is 4.25. The molecule has 0 saturated heterocycles. The molecule has 0 N–H and O–H groups in total. The SMILES string of the molecule is Cc1cccc(C)c1-c1cc2c3ccnc(Cl)c3ccc2c2ccccc12. The van der Waals surface area contributed by atoms with Gasteiger partial charge in [0.1, 0.15) is 5.15 Å². The third kappa shape index (κ3) is 2.43. The van der Waals surface area contributed by atoms with Crippen LogP contribution in [0.15, 0.2) is 72.9 Å². The van der Waals surface area contributed by atoms with Crippen molar-refractivity contribution in [3.05, 3.63) is 89.2 Å². The maximum absolute atomic E-state index is 6.37. The van der Waals surface area contributed by atoms with Gasteiger partial charge in [-0.25, -0.2) is 4.98 Å². The lowest BCUT2D eigenvalue weighted by Gasteiger charge is -2.16. The van der Waals surface area contributed by atoms with Crippen LogP contribution in [0.1, 0.15) is 11.1 Å². The molecule has 0 saturated carbocycles. The summed E-state index contributed by atoms with van der Waals surface area (Å²) in [5.41, 5.74) is 5.17. The minimum absolute atomic E-state index is 0.552. The van der Waals surface area contributed by atoms with Crippen molar-refractivity contribution < 1.29 is 0 Å².